The van der Waals surface area contributed by atoms with Crippen LogP contribution in [0.25, 0.3) is 0 Å². The lowest BCUT2D eigenvalue weighted by atomic mass is 10.6. The Hall–Kier alpha value is -1.04. The van der Waals surface area contributed by atoms with E-state index < -0.39 is 0 Å². The van der Waals surface area contributed by atoms with Crippen molar-refractivity contribution in [2.75, 3.05) is 12.9 Å². The molecular weight excluding hydrogens is 202 g/mol. The van der Waals surface area contributed by atoms with Gasteiger partial charge in [-0.2, -0.15) is 0 Å². The highest BCUT2D eigenvalue weighted by Gasteiger charge is 2.09. The molecule has 0 N–H and O–H groups in total. The van der Waals surface area contributed by atoms with Crippen molar-refractivity contribution >= 4 is 17.7 Å². The average molecular weight is 215 g/mol. The van der Waals surface area contributed by atoms with E-state index in [9.17, 15) is 4.79 Å². The van der Waals surface area contributed by atoms with Crippen molar-refractivity contribution in [1.29, 1.82) is 0 Å². The van der Waals surface area contributed by atoms with Crippen LogP contribution in [0.15, 0.2) is 5.16 Å². The fourth-order valence-corrected chi connectivity index (χ4v) is 1.90. The van der Waals surface area contributed by atoms with E-state index in [2.05, 4.69) is 14.9 Å². The summed E-state index contributed by atoms with van der Waals surface area (Å²) in [6.07, 6.45) is 0. The average Bonchev–Trinajstić information content (AvgIpc) is 2.55. The fourth-order valence-electron chi connectivity index (χ4n) is 1.01. The molecule has 5 nitrogen and oxygen atoms in total. The van der Waals surface area contributed by atoms with E-state index in [1.165, 1.54) is 18.9 Å². The quantitative estimate of drug-likeness (QED) is 0.551. The molecule has 0 aliphatic rings. The summed E-state index contributed by atoms with van der Waals surface area (Å²) < 4.78 is 6.49. The minimum Gasteiger partial charge on any atom is -0.468 e. The first kappa shape index (κ1) is 11.0. The summed E-state index contributed by atoms with van der Waals surface area (Å²) in [6, 6.07) is 0. The van der Waals surface area contributed by atoms with Crippen LogP contribution in [0.5, 0.6) is 0 Å². The van der Waals surface area contributed by atoms with E-state index >= 15 is 0 Å². The number of rotatable bonds is 4. The van der Waals surface area contributed by atoms with Gasteiger partial charge in [-0.1, -0.05) is 11.8 Å². The molecule has 1 rings (SSSR count). The van der Waals surface area contributed by atoms with Crippen LogP contribution >= 0.6 is 11.8 Å². The van der Waals surface area contributed by atoms with E-state index in [0.29, 0.717) is 0 Å². The molecule has 0 aromatic carbocycles. The highest BCUT2D eigenvalue weighted by molar-refractivity contribution is 7.99. The maximum Gasteiger partial charge on any atom is 0.316 e. The van der Waals surface area contributed by atoms with Crippen LogP contribution < -0.4 is 0 Å². The van der Waals surface area contributed by atoms with Gasteiger partial charge in [0.15, 0.2) is 5.16 Å². The van der Waals surface area contributed by atoms with Crippen LogP contribution in [-0.2, 0) is 16.1 Å². The van der Waals surface area contributed by atoms with Gasteiger partial charge < -0.3 is 9.30 Å². The molecule has 0 radical (unpaired) electrons. The number of aromatic nitrogens is 3. The number of methoxy groups -OCH3 is 1. The molecule has 6 heteroatoms. The first-order valence-electron chi connectivity index (χ1n) is 4.28. The summed E-state index contributed by atoms with van der Waals surface area (Å²) in [7, 11) is 1.37. The monoisotopic (exact) mass is 215 g/mol. The van der Waals surface area contributed by atoms with Gasteiger partial charge in [-0.15, -0.1) is 10.2 Å². The van der Waals surface area contributed by atoms with E-state index in [4.69, 9.17) is 0 Å². The molecule has 14 heavy (non-hydrogen) atoms. The third-order valence-electron chi connectivity index (χ3n) is 1.76. The molecule has 0 atom stereocenters. The lowest BCUT2D eigenvalue weighted by Crippen LogP contribution is -2.05. The molecule has 0 saturated heterocycles. The first-order valence-corrected chi connectivity index (χ1v) is 5.27. The van der Waals surface area contributed by atoms with Crippen LogP contribution in [0, 0.1) is 6.92 Å². The Morgan fingerprint density at radius 3 is 2.86 bits per heavy atom. The highest BCUT2D eigenvalue weighted by Crippen LogP contribution is 2.16. The van der Waals surface area contributed by atoms with Crippen molar-refractivity contribution in [3.63, 3.8) is 0 Å². The Morgan fingerprint density at radius 2 is 2.29 bits per heavy atom. The minimum absolute atomic E-state index is 0.252. The second-order valence-corrected chi connectivity index (χ2v) is 3.58. The van der Waals surface area contributed by atoms with E-state index in [-0.39, 0.29) is 11.7 Å². The fraction of sp³-hybridized carbons (Fsp3) is 0.625. The zero-order chi connectivity index (χ0) is 10.6. The van der Waals surface area contributed by atoms with Gasteiger partial charge in [0.25, 0.3) is 0 Å². The number of carbonyl (C=O) groups excluding carboxylic acids is 1. The third-order valence-corrected chi connectivity index (χ3v) is 2.71. The number of ether oxygens (including phenoxy) is 1. The van der Waals surface area contributed by atoms with Crippen molar-refractivity contribution in [2.45, 2.75) is 25.5 Å². The number of esters is 1. The topological polar surface area (TPSA) is 57.0 Å². The van der Waals surface area contributed by atoms with Gasteiger partial charge in [-0.25, -0.2) is 0 Å². The van der Waals surface area contributed by atoms with Crippen LogP contribution in [0.1, 0.15) is 12.7 Å². The van der Waals surface area contributed by atoms with Crippen molar-refractivity contribution in [1.82, 2.24) is 14.8 Å². The SMILES string of the molecule is CCn1c(C)nnc1SCC(=O)OC. The van der Waals surface area contributed by atoms with Crippen LogP contribution in [-0.4, -0.2) is 33.6 Å². The number of hydrogen-bond acceptors (Lipinski definition) is 5. The van der Waals surface area contributed by atoms with Gasteiger partial charge in [0.1, 0.15) is 5.82 Å². The van der Waals surface area contributed by atoms with Gasteiger partial charge in [0, 0.05) is 6.54 Å². The van der Waals surface area contributed by atoms with Crippen LogP contribution in [0.3, 0.4) is 0 Å². The lowest BCUT2D eigenvalue weighted by molar-refractivity contribution is -0.137. The van der Waals surface area contributed by atoms with Crippen molar-refractivity contribution in [3.8, 4) is 0 Å². The Bertz CT molecular complexity index is 324. The number of nitrogens with zero attached hydrogens (tertiary/aromatic N) is 3. The Morgan fingerprint density at radius 1 is 1.57 bits per heavy atom. The molecule has 0 amide bonds. The molecule has 0 spiro atoms. The third kappa shape index (κ3) is 2.47. The van der Waals surface area contributed by atoms with E-state index in [0.717, 1.165) is 17.5 Å². The summed E-state index contributed by atoms with van der Waals surface area (Å²) in [5.74, 6) is 0.882. The van der Waals surface area contributed by atoms with Gasteiger partial charge in [-0.05, 0) is 13.8 Å². The summed E-state index contributed by atoms with van der Waals surface area (Å²) in [5.41, 5.74) is 0. The molecule has 0 bridgehead atoms. The zero-order valence-corrected chi connectivity index (χ0v) is 9.30. The summed E-state index contributed by atoms with van der Waals surface area (Å²) >= 11 is 1.34. The van der Waals surface area contributed by atoms with E-state index in [1.807, 2.05) is 18.4 Å². The molecule has 1 heterocycles. The summed E-state index contributed by atoms with van der Waals surface area (Å²) in [5, 5.41) is 8.65. The number of carbonyl (C=O) groups is 1. The normalized spacial score (nSPS) is 10.2. The van der Waals surface area contributed by atoms with Crippen LogP contribution in [0.2, 0.25) is 0 Å². The smallest absolute Gasteiger partial charge is 0.316 e. The van der Waals surface area contributed by atoms with Gasteiger partial charge in [-0.3, -0.25) is 4.79 Å². The molecule has 0 fully saturated rings. The first-order chi connectivity index (χ1) is 6.69. The largest absolute Gasteiger partial charge is 0.468 e. The molecule has 0 aliphatic heterocycles. The van der Waals surface area contributed by atoms with Gasteiger partial charge >= 0.3 is 5.97 Å². The summed E-state index contributed by atoms with van der Waals surface area (Å²) in [4.78, 5) is 10.9. The maximum atomic E-state index is 10.9. The zero-order valence-electron chi connectivity index (χ0n) is 8.48. The van der Waals surface area contributed by atoms with Crippen molar-refractivity contribution in [3.05, 3.63) is 5.82 Å². The molecule has 0 saturated carbocycles. The van der Waals surface area contributed by atoms with Gasteiger partial charge in [0.05, 0.1) is 12.9 Å². The molecule has 1 aromatic heterocycles. The molecule has 0 aliphatic carbocycles. The number of hydrogen-bond donors (Lipinski definition) is 0. The molecule has 1 aromatic rings. The van der Waals surface area contributed by atoms with Crippen molar-refractivity contribution < 1.29 is 9.53 Å². The minimum atomic E-state index is -0.252. The molecule has 78 valence electrons. The lowest BCUT2D eigenvalue weighted by Gasteiger charge is -2.03. The number of aryl methyl sites for hydroxylation is 1. The van der Waals surface area contributed by atoms with Crippen LogP contribution in [0.4, 0.5) is 0 Å². The van der Waals surface area contributed by atoms with E-state index in [1.54, 1.807) is 0 Å². The highest BCUT2D eigenvalue weighted by atomic mass is 32.2. The molecule has 0 unspecified atom stereocenters. The Kier molecular flexibility index (Phi) is 3.94. The standard InChI is InChI=1S/C8H13N3O2S/c1-4-11-6(2)9-10-8(11)14-5-7(12)13-3/h4-5H2,1-3H3. The number of thioether (sulfide) groups is 1. The Labute approximate surface area is 86.8 Å². The van der Waals surface area contributed by atoms with Crippen molar-refractivity contribution in [2.24, 2.45) is 0 Å². The maximum absolute atomic E-state index is 10.9. The summed E-state index contributed by atoms with van der Waals surface area (Å²) in [6.45, 7) is 4.71. The second-order valence-electron chi connectivity index (χ2n) is 2.64. The molecular formula is C8H13N3O2S. The Balaban J connectivity index is 2.62. The second kappa shape index (κ2) is 4.99. The predicted molar refractivity (Wildman–Crippen MR) is 53.2 cm³/mol. The van der Waals surface area contributed by atoms with Gasteiger partial charge in [0.2, 0.25) is 0 Å². The predicted octanol–water partition coefficient (Wildman–Crippen LogP) is 0.872.